The smallest absolute Gasteiger partial charge is 0.147 e. The van der Waals surface area contributed by atoms with Crippen LogP contribution in [-0.4, -0.2) is 25.8 Å². The SMILES string of the molecule is Cc1nc2n(n1)C[C@H](NCc1cc3ccccc3[nH]1)CC2. The van der Waals surface area contributed by atoms with Gasteiger partial charge in [-0.3, -0.25) is 0 Å². The third kappa shape index (κ3) is 2.45. The molecular formula is C16H19N5. The van der Waals surface area contributed by atoms with E-state index >= 15 is 0 Å². The maximum Gasteiger partial charge on any atom is 0.147 e. The largest absolute Gasteiger partial charge is 0.357 e. The highest BCUT2D eigenvalue weighted by atomic mass is 15.4. The van der Waals surface area contributed by atoms with Crippen LogP contribution in [0.4, 0.5) is 0 Å². The van der Waals surface area contributed by atoms with Crippen molar-refractivity contribution in [3.05, 3.63) is 47.7 Å². The first kappa shape index (κ1) is 12.6. The van der Waals surface area contributed by atoms with Crippen molar-refractivity contribution in [2.24, 2.45) is 0 Å². The normalized spacial score (nSPS) is 18.0. The zero-order valence-electron chi connectivity index (χ0n) is 12.1. The molecule has 21 heavy (non-hydrogen) atoms. The van der Waals surface area contributed by atoms with Crippen LogP contribution in [-0.2, 0) is 19.5 Å². The van der Waals surface area contributed by atoms with E-state index in [1.807, 2.05) is 11.6 Å². The molecule has 0 aliphatic carbocycles. The summed E-state index contributed by atoms with van der Waals surface area (Å²) in [6.07, 6.45) is 2.13. The molecule has 1 atom stereocenters. The lowest BCUT2D eigenvalue weighted by molar-refractivity contribution is 0.356. The Morgan fingerprint density at radius 2 is 2.29 bits per heavy atom. The minimum Gasteiger partial charge on any atom is -0.357 e. The zero-order valence-corrected chi connectivity index (χ0v) is 12.1. The number of aromatic amines is 1. The molecule has 0 radical (unpaired) electrons. The topological polar surface area (TPSA) is 58.5 Å². The predicted octanol–water partition coefficient (Wildman–Crippen LogP) is 2.17. The van der Waals surface area contributed by atoms with Gasteiger partial charge in [-0.05, 0) is 30.9 Å². The molecular weight excluding hydrogens is 262 g/mol. The van der Waals surface area contributed by atoms with Crippen molar-refractivity contribution in [2.45, 2.75) is 38.9 Å². The number of fused-ring (bicyclic) bond motifs is 2. The van der Waals surface area contributed by atoms with Gasteiger partial charge in [-0.1, -0.05) is 18.2 Å². The fourth-order valence-electron chi connectivity index (χ4n) is 3.08. The number of nitrogens with zero attached hydrogens (tertiary/aromatic N) is 3. The minimum atomic E-state index is 0.463. The Labute approximate surface area is 123 Å². The molecule has 5 heteroatoms. The molecule has 1 aromatic carbocycles. The molecule has 2 N–H and O–H groups in total. The molecule has 4 rings (SSSR count). The Hall–Kier alpha value is -2.14. The average molecular weight is 281 g/mol. The first-order valence-corrected chi connectivity index (χ1v) is 7.48. The molecule has 0 saturated heterocycles. The quantitative estimate of drug-likeness (QED) is 0.773. The van der Waals surface area contributed by atoms with Crippen LogP contribution < -0.4 is 5.32 Å². The summed E-state index contributed by atoms with van der Waals surface area (Å²) in [6.45, 7) is 3.73. The molecule has 0 spiro atoms. The summed E-state index contributed by atoms with van der Waals surface area (Å²) in [4.78, 5) is 7.91. The molecule has 1 aliphatic rings. The van der Waals surface area contributed by atoms with E-state index in [1.165, 1.54) is 16.6 Å². The lowest BCUT2D eigenvalue weighted by atomic mass is 10.1. The number of hydrogen-bond acceptors (Lipinski definition) is 3. The van der Waals surface area contributed by atoms with E-state index in [9.17, 15) is 0 Å². The summed E-state index contributed by atoms with van der Waals surface area (Å²) in [6, 6.07) is 11.1. The standard InChI is InChI=1S/C16H19N5/c1-11-18-16-7-6-13(10-21(16)20-11)17-9-14-8-12-4-2-3-5-15(12)19-14/h2-5,8,13,17,19H,6-7,9-10H2,1H3/t13-/m1/s1. The summed E-state index contributed by atoms with van der Waals surface area (Å²) in [5.41, 5.74) is 2.43. The second-order valence-corrected chi connectivity index (χ2v) is 5.76. The highest BCUT2D eigenvalue weighted by Gasteiger charge is 2.20. The van der Waals surface area contributed by atoms with E-state index in [0.29, 0.717) is 6.04 Å². The third-order valence-corrected chi connectivity index (χ3v) is 4.13. The summed E-state index contributed by atoms with van der Waals surface area (Å²) in [7, 11) is 0. The number of nitrogens with one attached hydrogen (secondary N) is 2. The van der Waals surface area contributed by atoms with Gasteiger partial charge in [0.15, 0.2) is 0 Å². The van der Waals surface area contributed by atoms with Crippen LogP contribution in [0.2, 0.25) is 0 Å². The van der Waals surface area contributed by atoms with Crippen LogP contribution in [0.5, 0.6) is 0 Å². The third-order valence-electron chi connectivity index (χ3n) is 4.13. The molecule has 0 saturated carbocycles. The van der Waals surface area contributed by atoms with Crippen LogP contribution in [0.15, 0.2) is 30.3 Å². The summed E-state index contributed by atoms with van der Waals surface area (Å²) < 4.78 is 2.04. The van der Waals surface area contributed by atoms with Gasteiger partial charge in [-0.25, -0.2) is 9.67 Å². The van der Waals surface area contributed by atoms with Gasteiger partial charge >= 0.3 is 0 Å². The van der Waals surface area contributed by atoms with Crippen LogP contribution >= 0.6 is 0 Å². The second kappa shape index (κ2) is 5.00. The Kier molecular flexibility index (Phi) is 3.00. The highest BCUT2D eigenvalue weighted by molar-refractivity contribution is 5.80. The molecule has 0 amide bonds. The van der Waals surface area contributed by atoms with Crippen LogP contribution in [0, 0.1) is 6.92 Å². The van der Waals surface area contributed by atoms with Gasteiger partial charge < -0.3 is 10.3 Å². The zero-order chi connectivity index (χ0) is 14.2. The fourth-order valence-corrected chi connectivity index (χ4v) is 3.08. The summed E-state index contributed by atoms with van der Waals surface area (Å²) in [5.74, 6) is 2.00. The van der Waals surface area contributed by atoms with E-state index in [4.69, 9.17) is 0 Å². The van der Waals surface area contributed by atoms with Crippen molar-refractivity contribution >= 4 is 10.9 Å². The summed E-state index contributed by atoms with van der Waals surface area (Å²) >= 11 is 0. The van der Waals surface area contributed by atoms with Crippen molar-refractivity contribution in [1.82, 2.24) is 25.1 Å². The van der Waals surface area contributed by atoms with Crippen molar-refractivity contribution < 1.29 is 0 Å². The van der Waals surface area contributed by atoms with Gasteiger partial charge in [0.05, 0.1) is 6.54 Å². The van der Waals surface area contributed by atoms with E-state index in [1.54, 1.807) is 0 Å². The Balaban J connectivity index is 1.43. The van der Waals surface area contributed by atoms with Gasteiger partial charge in [0.2, 0.25) is 0 Å². The van der Waals surface area contributed by atoms with Crippen molar-refractivity contribution in [1.29, 1.82) is 0 Å². The number of rotatable bonds is 3. The van der Waals surface area contributed by atoms with Gasteiger partial charge in [-0.2, -0.15) is 5.10 Å². The van der Waals surface area contributed by atoms with Gasteiger partial charge in [-0.15, -0.1) is 0 Å². The molecule has 2 aromatic heterocycles. The van der Waals surface area contributed by atoms with Crippen molar-refractivity contribution in [2.75, 3.05) is 0 Å². The maximum atomic E-state index is 4.45. The fraction of sp³-hybridized carbons (Fsp3) is 0.375. The van der Waals surface area contributed by atoms with E-state index in [-0.39, 0.29) is 0 Å². The number of aromatic nitrogens is 4. The van der Waals surface area contributed by atoms with Gasteiger partial charge in [0.25, 0.3) is 0 Å². The van der Waals surface area contributed by atoms with E-state index < -0.39 is 0 Å². The predicted molar refractivity (Wildman–Crippen MR) is 82.0 cm³/mol. The Morgan fingerprint density at radius 3 is 3.19 bits per heavy atom. The molecule has 5 nitrogen and oxygen atoms in total. The molecule has 3 aromatic rings. The molecule has 1 aliphatic heterocycles. The van der Waals surface area contributed by atoms with Crippen molar-refractivity contribution in [3.63, 3.8) is 0 Å². The van der Waals surface area contributed by atoms with Gasteiger partial charge in [0.1, 0.15) is 11.6 Å². The Morgan fingerprint density at radius 1 is 1.38 bits per heavy atom. The van der Waals surface area contributed by atoms with Crippen LogP contribution in [0.25, 0.3) is 10.9 Å². The van der Waals surface area contributed by atoms with Crippen LogP contribution in [0.3, 0.4) is 0 Å². The first-order chi connectivity index (χ1) is 10.3. The maximum absolute atomic E-state index is 4.45. The van der Waals surface area contributed by atoms with Gasteiger partial charge in [0, 0.05) is 30.2 Å². The molecule has 0 unspecified atom stereocenters. The lowest BCUT2D eigenvalue weighted by Crippen LogP contribution is -2.37. The molecule has 3 heterocycles. The van der Waals surface area contributed by atoms with E-state index in [0.717, 1.165) is 37.6 Å². The first-order valence-electron chi connectivity index (χ1n) is 7.48. The number of H-pyrrole nitrogens is 1. The lowest BCUT2D eigenvalue weighted by Gasteiger charge is -2.23. The Bertz CT molecular complexity index is 737. The summed E-state index contributed by atoms with van der Waals surface area (Å²) in [5, 5.41) is 9.35. The van der Waals surface area contributed by atoms with Crippen molar-refractivity contribution in [3.8, 4) is 0 Å². The molecule has 0 bridgehead atoms. The molecule has 108 valence electrons. The monoisotopic (exact) mass is 281 g/mol. The highest BCUT2D eigenvalue weighted by Crippen LogP contribution is 2.16. The number of hydrogen-bond donors (Lipinski definition) is 2. The minimum absolute atomic E-state index is 0.463. The number of benzene rings is 1. The second-order valence-electron chi connectivity index (χ2n) is 5.76. The van der Waals surface area contributed by atoms with E-state index in [2.05, 4.69) is 50.7 Å². The number of para-hydroxylation sites is 1. The number of aryl methyl sites for hydroxylation is 2. The average Bonchev–Trinajstić information content (AvgIpc) is 3.06. The molecule has 0 fully saturated rings. The van der Waals surface area contributed by atoms with Crippen LogP contribution in [0.1, 0.15) is 23.8 Å².